The molecule has 1 aromatic rings. The monoisotopic (exact) mass is 462 g/mol. The quantitative estimate of drug-likeness (QED) is 0.198. The summed E-state index contributed by atoms with van der Waals surface area (Å²) in [6.45, 7) is 10.5. The predicted molar refractivity (Wildman–Crippen MR) is 134 cm³/mol. The maximum atomic E-state index is 12.6. The zero-order valence-electron chi connectivity index (χ0n) is 20.2. The lowest BCUT2D eigenvalue weighted by Gasteiger charge is -2.39. The standard InChI is InChI=1S/C25H34N8O/c1-17(2)12-19-5-6-21(25(29-26)30-27)22(13-19)32-10-8-31(9-11-32)16-20-14-24(34)33-15-18(3)4-7-23(33)28-20/h4-7,13-15,17,23,26,28H,8-12,16,27H2,1-3H3/b29-26?,30-25-. The van der Waals surface area contributed by atoms with Crippen LogP contribution in [0.25, 0.3) is 0 Å². The van der Waals surface area contributed by atoms with Gasteiger partial charge >= 0.3 is 0 Å². The zero-order chi connectivity index (χ0) is 24.2. The first kappa shape index (κ1) is 23.7. The number of rotatable bonds is 6. The fraction of sp³-hybridized carbons (Fsp3) is 0.440. The van der Waals surface area contributed by atoms with E-state index >= 15 is 0 Å². The fourth-order valence-corrected chi connectivity index (χ4v) is 4.72. The molecule has 0 bridgehead atoms. The number of nitrogens with two attached hydrogens (primary N) is 1. The molecule has 0 saturated carbocycles. The Bertz CT molecular complexity index is 1060. The summed E-state index contributed by atoms with van der Waals surface area (Å²) in [5.74, 6) is 6.32. The Morgan fingerprint density at radius 2 is 2.03 bits per heavy atom. The minimum atomic E-state index is -0.119. The highest BCUT2D eigenvalue weighted by molar-refractivity contribution is 6.03. The number of amides is 1. The van der Waals surface area contributed by atoms with Gasteiger partial charge in [0.15, 0.2) is 0 Å². The third-order valence-corrected chi connectivity index (χ3v) is 6.35. The van der Waals surface area contributed by atoms with E-state index in [4.69, 9.17) is 11.4 Å². The van der Waals surface area contributed by atoms with Gasteiger partial charge in [0.1, 0.15) is 6.17 Å². The molecular formula is C25H34N8O. The van der Waals surface area contributed by atoms with Gasteiger partial charge in [0.25, 0.3) is 5.91 Å². The van der Waals surface area contributed by atoms with E-state index in [9.17, 15) is 4.79 Å². The minimum Gasteiger partial charge on any atom is -0.368 e. The Morgan fingerprint density at radius 1 is 1.26 bits per heavy atom. The molecule has 180 valence electrons. The third-order valence-electron chi connectivity index (χ3n) is 6.35. The molecule has 9 heteroatoms. The molecule has 0 aromatic heterocycles. The van der Waals surface area contributed by atoms with Gasteiger partial charge in [-0.2, -0.15) is 5.10 Å². The second kappa shape index (κ2) is 10.2. The summed E-state index contributed by atoms with van der Waals surface area (Å²) in [7, 11) is 0. The van der Waals surface area contributed by atoms with E-state index in [0.717, 1.165) is 55.1 Å². The van der Waals surface area contributed by atoms with Gasteiger partial charge in [-0.3, -0.25) is 14.6 Å². The largest absolute Gasteiger partial charge is 0.368 e. The Hall–Kier alpha value is -3.46. The molecule has 0 aliphatic carbocycles. The first-order valence-electron chi connectivity index (χ1n) is 11.8. The van der Waals surface area contributed by atoms with E-state index in [1.54, 1.807) is 11.0 Å². The molecule has 1 fully saturated rings. The second-order valence-corrected chi connectivity index (χ2v) is 9.51. The van der Waals surface area contributed by atoms with Crippen LogP contribution in [0.5, 0.6) is 0 Å². The Labute approximate surface area is 201 Å². The smallest absolute Gasteiger partial charge is 0.254 e. The van der Waals surface area contributed by atoms with E-state index in [2.05, 4.69) is 51.3 Å². The number of benzene rings is 1. The van der Waals surface area contributed by atoms with Crippen molar-refractivity contribution in [2.75, 3.05) is 37.6 Å². The van der Waals surface area contributed by atoms with Crippen LogP contribution in [0.3, 0.4) is 0 Å². The molecule has 34 heavy (non-hydrogen) atoms. The van der Waals surface area contributed by atoms with Crippen molar-refractivity contribution in [3.05, 3.63) is 65.0 Å². The third kappa shape index (κ3) is 5.20. The number of hydrazone groups is 1. The number of nitrogens with one attached hydrogen (secondary N) is 2. The van der Waals surface area contributed by atoms with Crippen LogP contribution in [-0.4, -0.2) is 60.4 Å². The Kier molecular flexibility index (Phi) is 7.12. The lowest BCUT2D eigenvalue weighted by Crippen LogP contribution is -2.52. The number of carbonyl (C=O) groups is 1. The van der Waals surface area contributed by atoms with Crippen LogP contribution in [-0.2, 0) is 11.2 Å². The van der Waals surface area contributed by atoms with Crippen molar-refractivity contribution in [1.29, 1.82) is 5.53 Å². The molecule has 9 nitrogen and oxygen atoms in total. The highest BCUT2D eigenvalue weighted by atomic mass is 16.2. The zero-order valence-corrected chi connectivity index (χ0v) is 20.2. The van der Waals surface area contributed by atoms with Gasteiger partial charge in [0.2, 0.25) is 5.84 Å². The number of hydrogen-bond donors (Lipinski definition) is 3. The van der Waals surface area contributed by atoms with Gasteiger partial charge < -0.3 is 16.1 Å². The van der Waals surface area contributed by atoms with Crippen LogP contribution in [0, 0.1) is 11.4 Å². The molecule has 3 aliphatic rings. The van der Waals surface area contributed by atoms with Crippen LogP contribution >= 0.6 is 0 Å². The number of nitrogens with zero attached hydrogens (tertiary/aromatic N) is 5. The number of hydrogen-bond acceptors (Lipinski definition) is 7. The van der Waals surface area contributed by atoms with Crippen LogP contribution in [0.15, 0.2) is 64.1 Å². The lowest BCUT2D eigenvalue weighted by molar-refractivity contribution is -0.126. The van der Waals surface area contributed by atoms with Crippen LogP contribution in [0.2, 0.25) is 0 Å². The maximum absolute atomic E-state index is 12.6. The summed E-state index contributed by atoms with van der Waals surface area (Å²) in [5, 5.41) is 10.7. The van der Waals surface area contributed by atoms with Crippen LogP contribution < -0.4 is 16.1 Å². The highest BCUT2D eigenvalue weighted by Gasteiger charge is 2.28. The Morgan fingerprint density at radius 3 is 2.71 bits per heavy atom. The SMILES string of the molecule is CC1=CN2C(=O)C=C(CN3CCN(c4cc(CC(C)C)ccc4/C(N=N)=N/N)CC3)NC2C=C1. The molecule has 1 saturated heterocycles. The topological polar surface area (TPSA) is 113 Å². The van der Waals surface area contributed by atoms with E-state index in [0.29, 0.717) is 12.5 Å². The van der Waals surface area contributed by atoms with Crippen molar-refractivity contribution in [2.24, 2.45) is 22.0 Å². The molecule has 1 unspecified atom stereocenters. The van der Waals surface area contributed by atoms with Gasteiger partial charge in [-0.25, -0.2) is 5.53 Å². The fourth-order valence-electron chi connectivity index (χ4n) is 4.72. The first-order valence-corrected chi connectivity index (χ1v) is 11.8. The average molecular weight is 463 g/mol. The first-order chi connectivity index (χ1) is 16.4. The van der Waals surface area contributed by atoms with Crippen molar-refractivity contribution >= 4 is 17.4 Å². The molecule has 3 heterocycles. The number of anilines is 1. The minimum absolute atomic E-state index is 0.0143. The number of carbonyl (C=O) groups excluding carboxylic acids is 1. The van der Waals surface area contributed by atoms with Gasteiger partial charge in [-0.05, 0) is 48.6 Å². The number of amidine groups is 1. The summed E-state index contributed by atoms with van der Waals surface area (Å²) < 4.78 is 0. The molecule has 0 radical (unpaired) electrons. The summed E-state index contributed by atoms with van der Waals surface area (Å²) in [4.78, 5) is 19.0. The van der Waals surface area contributed by atoms with Gasteiger partial charge in [-0.15, -0.1) is 5.11 Å². The summed E-state index contributed by atoms with van der Waals surface area (Å²) in [6, 6.07) is 6.24. The highest BCUT2D eigenvalue weighted by Crippen LogP contribution is 2.27. The molecular weight excluding hydrogens is 428 g/mol. The molecule has 3 aliphatic heterocycles. The molecule has 1 aromatic carbocycles. The van der Waals surface area contributed by atoms with Crippen molar-refractivity contribution in [3.8, 4) is 0 Å². The van der Waals surface area contributed by atoms with Gasteiger partial charge in [-0.1, -0.05) is 26.0 Å². The number of fused-ring (bicyclic) bond motifs is 1. The summed E-state index contributed by atoms with van der Waals surface area (Å²) in [6.07, 6.45) is 8.52. The van der Waals surface area contributed by atoms with E-state index in [1.165, 1.54) is 5.56 Å². The van der Waals surface area contributed by atoms with Crippen molar-refractivity contribution in [1.82, 2.24) is 15.1 Å². The molecule has 1 atom stereocenters. The van der Waals surface area contributed by atoms with Crippen molar-refractivity contribution in [3.63, 3.8) is 0 Å². The number of allylic oxidation sites excluding steroid dienone is 2. The maximum Gasteiger partial charge on any atom is 0.254 e. The molecule has 0 spiro atoms. The second-order valence-electron chi connectivity index (χ2n) is 9.51. The van der Waals surface area contributed by atoms with E-state index in [-0.39, 0.29) is 17.9 Å². The Balaban J connectivity index is 1.44. The normalized spacial score (nSPS) is 21.2. The van der Waals surface area contributed by atoms with Crippen molar-refractivity contribution in [2.45, 2.75) is 33.4 Å². The average Bonchev–Trinajstić information content (AvgIpc) is 2.81. The molecule has 4 N–H and O–H groups in total. The molecule has 4 rings (SSSR count). The summed E-state index contributed by atoms with van der Waals surface area (Å²) >= 11 is 0. The summed E-state index contributed by atoms with van der Waals surface area (Å²) in [5.41, 5.74) is 12.5. The van der Waals surface area contributed by atoms with Gasteiger partial charge in [0.05, 0.1) is 0 Å². The lowest BCUT2D eigenvalue weighted by atomic mass is 9.99. The van der Waals surface area contributed by atoms with Gasteiger partial charge in [0, 0.05) is 61.9 Å². The predicted octanol–water partition coefficient (Wildman–Crippen LogP) is 2.77. The van der Waals surface area contributed by atoms with E-state index in [1.807, 2.05) is 31.3 Å². The number of piperazine rings is 1. The van der Waals surface area contributed by atoms with Crippen LogP contribution in [0.1, 0.15) is 31.9 Å². The van der Waals surface area contributed by atoms with E-state index < -0.39 is 0 Å². The van der Waals surface area contributed by atoms with Crippen LogP contribution in [0.4, 0.5) is 5.69 Å². The van der Waals surface area contributed by atoms with Crippen molar-refractivity contribution < 1.29 is 4.79 Å². The molecule has 1 amide bonds.